The van der Waals surface area contributed by atoms with Gasteiger partial charge in [0.1, 0.15) is 5.82 Å². The Hall–Kier alpha value is -0.610. The zero-order chi connectivity index (χ0) is 10.7. The van der Waals surface area contributed by atoms with E-state index in [4.69, 9.17) is 0 Å². The van der Waals surface area contributed by atoms with Crippen molar-refractivity contribution in [2.75, 3.05) is 5.32 Å². The van der Waals surface area contributed by atoms with Crippen LogP contribution < -0.4 is 5.32 Å². The zero-order valence-corrected chi connectivity index (χ0v) is 9.68. The maximum absolute atomic E-state index is 12.7. The molecule has 2 nitrogen and oxygen atoms in total. The first-order valence-corrected chi connectivity index (χ1v) is 5.19. The lowest BCUT2D eigenvalue weighted by Gasteiger charge is -2.18. The molecule has 0 bridgehead atoms. The summed E-state index contributed by atoms with van der Waals surface area (Å²) in [4.78, 5) is 0. The maximum atomic E-state index is 12.7. The summed E-state index contributed by atoms with van der Waals surface area (Å²) in [6.07, 6.45) is -0.452. The number of aliphatic hydroxyl groups is 1. The SMILES string of the molecule is CC(O)C(C)Nc1ccc(F)cc1Br. The van der Waals surface area contributed by atoms with E-state index in [0.29, 0.717) is 4.47 Å². The molecule has 1 aromatic carbocycles. The van der Waals surface area contributed by atoms with E-state index < -0.39 is 6.10 Å². The number of aliphatic hydroxyl groups excluding tert-OH is 1. The van der Waals surface area contributed by atoms with Gasteiger partial charge in [0.2, 0.25) is 0 Å². The third-order valence-electron chi connectivity index (χ3n) is 2.04. The molecule has 0 amide bonds. The van der Waals surface area contributed by atoms with Crippen LogP contribution in [0, 0.1) is 5.82 Å². The predicted molar refractivity (Wildman–Crippen MR) is 58.9 cm³/mol. The third kappa shape index (κ3) is 2.96. The largest absolute Gasteiger partial charge is 0.391 e. The van der Waals surface area contributed by atoms with Crippen LogP contribution in [0.2, 0.25) is 0 Å². The van der Waals surface area contributed by atoms with Gasteiger partial charge >= 0.3 is 0 Å². The van der Waals surface area contributed by atoms with Crippen molar-refractivity contribution in [3.8, 4) is 0 Å². The molecule has 0 aliphatic heterocycles. The van der Waals surface area contributed by atoms with E-state index in [1.807, 2.05) is 6.92 Å². The van der Waals surface area contributed by atoms with Crippen molar-refractivity contribution in [3.63, 3.8) is 0 Å². The highest BCUT2D eigenvalue weighted by molar-refractivity contribution is 9.10. The molecule has 0 heterocycles. The summed E-state index contributed by atoms with van der Waals surface area (Å²) in [6.45, 7) is 3.57. The van der Waals surface area contributed by atoms with Crippen molar-refractivity contribution < 1.29 is 9.50 Å². The summed E-state index contributed by atoms with van der Waals surface area (Å²) in [5.41, 5.74) is 0.778. The van der Waals surface area contributed by atoms with E-state index in [0.717, 1.165) is 5.69 Å². The lowest BCUT2D eigenvalue weighted by molar-refractivity contribution is 0.178. The molecule has 14 heavy (non-hydrogen) atoms. The molecule has 0 aromatic heterocycles. The van der Waals surface area contributed by atoms with Gasteiger partial charge in [0.05, 0.1) is 6.10 Å². The molecule has 2 unspecified atom stereocenters. The van der Waals surface area contributed by atoms with Crippen molar-refractivity contribution in [1.29, 1.82) is 0 Å². The Kier molecular flexibility index (Phi) is 3.89. The van der Waals surface area contributed by atoms with Crippen LogP contribution in [-0.2, 0) is 0 Å². The molecule has 2 atom stereocenters. The number of anilines is 1. The van der Waals surface area contributed by atoms with Crippen LogP contribution in [0.5, 0.6) is 0 Å². The van der Waals surface area contributed by atoms with Crippen molar-refractivity contribution in [1.82, 2.24) is 0 Å². The minimum Gasteiger partial charge on any atom is -0.391 e. The Bertz CT molecular complexity index is 317. The van der Waals surface area contributed by atoms with Gasteiger partial charge in [-0.2, -0.15) is 0 Å². The van der Waals surface area contributed by atoms with Crippen molar-refractivity contribution >= 4 is 21.6 Å². The summed E-state index contributed by atoms with van der Waals surface area (Å²) in [5, 5.41) is 12.3. The number of benzene rings is 1. The molecular weight excluding hydrogens is 249 g/mol. The van der Waals surface area contributed by atoms with Gasteiger partial charge in [-0.1, -0.05) is 0 Å². The molecule has 0 spiro atoms. The number of hydrogen-bond acceptors (Lipinski definition) is 2. The minimum atomic E-state index is -0.452. The minimum absolute atomic E-state index is 0.0724. The number of rotatable bonds is 3. The Morgan fingerprint density at radius 2 is 2.07 bits per heavy atom. The molecule has 78 valence electrons. The number of halogens is 2. The Balaban J connectivity index is 2.77. The zero-order valence-electron chi connectivity index (χ0n) is 8.09. The van der Waals surface area contributed by atoms with E-state index in [2.05, 4.69) is 21.2 Å². The van der Waals surface area contributed by atoms with Gasteiger partial charge in [-0.3, -0.25) is 0 Å². The molecule has 1 aromatic rings. The topological polar surface area (TPSA) is 32.3 Å². The second-order valence-electron chi connectivity index (χ2n) is 3.30. The van der Waals surface area contributed by atoms with E-state index in [-0.39, 0.29) is 11.9 Å². The lowest BCUT2D eigenvalue weighted by atomic mass is 10.2. The molecule has 1 rings (SSSR count). The molecule has 0 fully saturated rings. The highest BCUT2D eigenvalue weighted by atomic mass is 79.9. The van der Waals surface area contributed by atoms with Crippen molar-refractivity contribution in [2.45, 2.75) is 26.0 Å². The van der Waals surface area contributed by atoms with Crippen LogP contribution >= 0.6 is 15.9 Å². The first-order valence-electron chi connectivity index (χ1n) is 4.40. The van der Waals surface area contributed by atoms with E-state index in [1.165, 1.54) is 12.1 Å². The van der Waals surface area contributed by atoms with E-state index >= 15 is 0 Å². The Labute approximate surface area is 91.3 Å². The average Bonchev–Trinajstić information content (AvgIpc) is 2.09. The van der Waals surface area contributed by atoms with Crippen LogP contribution in [0.15, 0.2) is 22.7 Å². The molecule has 2 N–H and O–H groups in total. The second kappa shape index (κ2) is 4.75. The Morgan fingerprint density at radius 1 is 1.43 bits per heavy atom. The van der Waals surface area contributed by atoms with Gasteiger partial charge in [-0.25, -0.2) is 4.39 Å². The van der Waals surface area contributed by atoms with Crippen LogP contribution in [0.1, 0.15) is 13.8 Å². The predicted octanol–water partition coefficient (Wildman–Crippen LogP) is 2.77. The van der Waals surface area contributed by atoms with Gasteiger partial charge in [-0.05, 0) is 48.0 Å². The first-order chi connectivity index (χ1) is 6.50. The van der Waals surface area contributed by atoms with Crippen LogP contribution in [-0.4, -0.2) is 17.3 Å². The summed E-state index contributed by atoms with van der Waals surface area (Å²) < 4.78 is 13.4. The smallest absolute Gasteiger partial charge is 0.124 e. The highest BCUT2D eigenvalue weighted by Crippen LogP contribution is 2.23. The number of nitrogens with one attached hydrogen (secondary N) is 1. The average molecular weight is 262 g/mol. The summed E-state index contributed by atoms with van der Waals surface area (Å²) >= 11 is 3.24. The molecule has 0 radical (unpaired) electrons. The fraction of sp³-hybridized carbons (Fsp3) is 0.400. The molecule has 0 aliphatic carbocycles. The van der Waals surface area contributed by atoms with E-state index in [9.17, 15) is 9.50 Å². The summed E-state index contributed by atoms with van der Waals surface area (Å²) in [7, 11) is 0. The lowest BCUT2D eigenvalue weighted by Crippen LogP contribution is -2.27. The first kappa shape index (κ1) is 11.5. The Morgan fingerprint density at radius 3 is 2.57 bits per heavy atom. The summed E-state index contributed by atoms with van der Waals surface area (Å²) in [5.74, 6) is -0.285. The molecule has 0 aliphatic rings. The highest BCUT2D eigenvalue weighted by Gasteiger charge is 2.10. The second-order valence-corrected chi connectivity index (χ2v) is 4.15. The van der Waals surface area contributed by atoms with E-state index in [1.54, 1.807) is 13.0 Å². The van der Waals surface area contributed by atoms with Gasteiger partial charge in [-0.15, -0.1) is 0 Å². The van der Waals surface area contributed by atoms with Gasteiger partial charge < -0.3 is 10.4 Å². The summed E-state index contributed by atoms with van der Waals surface area (Å²) in [6, 6.07) is 4.33. The quantitative estimate of drug-likeness (QED) is 0.877. The maximum Gasteiger partial charge on any atom is 0.124 e. The van der Waals surface area contributed by atoms with Crippen LogP contribution in [0.25, 0.3) is 0 Å². The van der Waals surface area contributed by atoms with Gasteiger partial charge in [0.15, 0.2) is 0 Å². The normalized spacial score (nSPS) is 14.9. The molecule has 0 saturated heterocycles. The van der Waals surface area contributed by atoms with Crippen molar-refractivity contribution in [3.05, 3.63) is 28.5 Å². The fourth-order valence-electron chi connectivity index (χ4n) is 0.972. The molecule has 0 saturated carbocycles. The van der Waals surface area contributed by atoms with Crippen LogP contribution in [0.4, 0.5) is 10.1 Å². The fourth-order valence-corrected chi connectivity index (χ4v) is 1.44. The molecular formula is C10H13BrFNO. The standard InChI is InChI=1S/C10H13BrFNO/c1-6(7(2)14)13-10-4-3-8(12)5-9(10)11/h3-7,13-14H,1-2H3. The van der Waals surface area contributed by atoms with Crippen LogP contribution in [0.3, 0.4) is 0 Å². The van der Waals surface area contributed by atoms with Gasteiger partial charge in [0.25, 0.3) is 0 Å². The third-order valence-corrected chi connectivity index (χ3v) is 2.69. The molecule has 4 heteroatoms. The monoisotopic (exact) mass is 261 g/mol. The van der Waals surface area contributed by atoms with Crippen molar-refractivity contribution in [2.24, 2.45) is 0 Å². The number of hydrogen-bond donors (Lipinski definition) is 2. The van der Waals surface area contributed by atoms with Gasteiger partial charge in [0, 0.05) is 16.2 Å².